The molecule has 0 aliphatic rings. The van der Waals surface area contributed by atoms with E-state index in [-0.39, 0.29) is 0 Å². The minimum Gasteiger partial charge on any atom is -0.464 e. The summed E-state index contributed by atoms with van der Waals surface area (Å²) in [5.74, 6) is 0. The summed E-state index contributed by atoms with van der Waals surface area (Å²) in [7, 11) is 0. The monoisotopic (exact) mass is 536 g/mol. The lowest BCUT2D eigenvalue weighted by Crippen LogP contribution is -1.92. The average Bonchev–Trinajstić information content (AvgIpc) is 3.68. The van der Waals surface area contributed by atoms with Crippen LogP contribution in [-0.4, -0.2) is 0 Å². The molecule has 0 aliphatic heterocycles. The zero-order valence-corrected chi connectivity index (χ0v) is 22.7. The molecule has 2 nitrogen and oxygen atoms in total. The number of furan rings is 2. The lowest BCUT2D eigenvalue weighted by atomic mass is 9.85. The van der Waals surface area contributed by atoms with Gasteiger partial charge in [-0.1, -0.05) is 121 Å². The molecule has 0 fully saturated rings. The van der Waals surface area contributed by atoms with Crippen LogP contribution < -0.4 is 0 Å². The Kier molecular flexibility index (Phi) is 4.93. The topological polar surface area (TPSA) is 26.3 Å². The van der Waals surface area contributed by atoms with Crippen molar-refractivity contribution < 1.29 is 8.83 Å². The quantitative estimate of drug-likeness (QED) is 0.210. The van der Waals surface area contributed by atoms with Gasteiger partial charge in [-0.25, -0.2) is 0 Å². The minimum absolute atomic E-state index is 0.844. The van der Waals surface area contributed by atoms with Crippen molar-refractivity contribution in [1.82, 2.24) is 0 Å². The number of benzene rings is 7. The Morgan fingerprint density at radius 3 is 1.60 bits per heavy atom. The largest absolute Gasteiger partial charge is 0.464 e. The van der Waals surface area contributed by atoms with Crippen LogP contribution in [0.3, 0.4) is 0 Å². The van der Waals surface area contributed by atoms with E-state index in [4.69, 9.17) is 8.83 Å². The SMILES string of the molecule is c1ccc(-c2ccc(-c3c4ccccc4c(-c4c5occc5cc5c4oc4ccccc45)c4ccccc34)cc2)cc1. The fraction of sp³-hybridized carbons (Fsp3) is 0. The van der Waals surface area contributed by atoms with Gasteiger partial charge in [0.05, 0.1) is 11.8 Å². The molecule has 0 N–H and O–H groups in total. The lowest BCUT2D eigenvalue weighted by Gasteiger charge is -2.18. The Bertz CT molecular complexity index is 2380. The first kappa shape index (κ1) is 23.1. The van der Waals surface area contributed by atoms with Crippen LogP contribution in [0.25, 0.3) is 87.8 Å². The first-order valence-electron chi connectivity index (χ1n) is 14.3. The highest BCUT2D eigenvalue weighted by Crippen LogP contribution is 2.49. The van der Waals surface area contributed by atoms with Crippen molar-refractivity contribution in [3.05, 3.63) is 146 Å². The molecule has 2 heteroatoms. The van der Waals surface area contributed by atoms with E-state index in [0.29, 0.717) is 0 Å². The van der Waals surface area contributed by atoms with Gasteiger partial charge in [-0.05, 0) is 62.0 Å². The van der Waals surface area contributed by atoms with E-state index in [1.807, 2.05) is 18.2 Å². The number of para-hydroxylation sites is 1. The molecule has 0 unspecified atom stereocenters. The van der Waals surface area contributed by atoms with Crippen LogP contribution in [0.15, 0.2) is 155 Å². The Hall–Kier alpha value is -5.60. The van der Waals surface area contributed by atoms with E-state index in [9.17, 15) is 0 Å². The van der Waals surface area contributed by atoms with Crippen LogP contribution in [0.4, 0.5) is 0 Å². The van der Waals surface area contributed by atoms with Gasteiger partial charge in [-0.2, -0.15) is 0 Å². The van der Waals surface area contributed by atoms with Crippen LogP contribution in [0.2, 0.25) is 0 Å². The standard InChI is InChI=1S/C40H24O2/c1-2-10-25(11-3-1)26-18-20-27(21-19-26)36-30-13-4-6-15-32(30)37(33-16-7-5-14-31(33)36)38-39-28(22-23-41-39)24-34-29-12-8-9-17-35(29)42-40(34)38/h1-24H. The van der Waals surface area contributed by atoms with Crippen LogP contribution in [0.5, 0.6) is 0 Å². The van der Waals surface area contributed by atoms with Gasteiger partial charge < -0.3 is 8.83 Å². The fourth-order valence-electron chi connectivity index (χ4n) is 6.68. The summed E-state index contributed by atoms with van der Waals surface area (Å²) in [6, 6.07) is 49.5. The maximum atomic E-state index is 6.62. The van der Waals surface area contributed by atoms with E-state index >= 15 is 0 Å². The highest BCUT2D eigenvalue weighted by molar-refractivity contribution is 6.27. The Morgan fingerprint density at radius 2 is 0.905 bits per heavy atom. The second-order valence-electron chi connectivity index (χ2n) is 10.8. The smallest absolute Gasteiger partial charge is 0.147 e. The minimum atomic E-state index is 0.844. The second kappa shape index (κ2) is 8.95. The van der Waals surface area contributed by atoms with Crippen molar-refractivity contribution in [3.63, 3.8) is 0 Å². The molecule has 2 heterocycles. The van der Waals surface area contributed by atoms with E-state index < -0.39 is 0 Å². The van der Waals surface area contributed by atoms with Gasteiger partial charge in [0, 0.05) is 21.7 Å². The number of rotatable bonds is 3. The molecule has 0 atom stereocenters. The number of hydrogen-bond acceptors (Lipinski definition) is 2. The van der Waals surface area contributed by atoms with Crippen molar-refractivity contribution in [3.8, 4) is 33.4 Å². The van der Waals surface area contributed by atoms with Crippen LogP contribution in [-0.2, 0) is 0 Å². The molecule has 0 amide bonds. The summed E-state index contributed by atoms with van der Waals surface area (Å²) >= 11 is 0. The van der Waals surface area contributed by atoms with Gasteiger partial charge in [0.25, 0.3) is 0 Å². The Labute approximate surface area is 242 Å². The molecular formula is C40H24O2. The third-order valence-electron chi connectivity index (χ3n) is 8.55. The third kappa shape index (κ3) is 3.33. The first-order valence-corrected chi connectivity index (χ1v) is 14.3. The normalized spacial score (nSPS) is 11.8. The molecule has 0 aliphatic carbocycles. The van der Waals surface area contributed by atoms with Crippen LogP contribution in [0, 0.1) is 0 Å². The zero-order chi connectivity index (χ0) is 27.6. The van der Waals surface area contributed by atoms with Crippen molar-refractivity contribution in [2.45, 2.75) is 0 Å². The van der Waals surface area contributed by atoms with Crippen molar-refractivity contribution in [2.75, 3.05) is 0 Å². The summed E-state index contributed by atoms with van der Waals surface area (Å²) < 4.78 is 12.8. The molecule has 0 saturated heterocycles. The lowest BCUT2D eigenvalue weighted by molar-refractivity contribution is 0.615. The predicted octanol–water partition coefficient (Wildman–Crippen LogP) is 11.6. The van der Waals surface area contributed by atoms with Crippen LogP contribution >= 0.6 is 0 Å². The highest BCUT2D eigenvalue weighted by atomic mass is 16.3. The molecule has 0 bridgehead atoms. The predicted molar refractivity (Wildman–Crippen MR) is 175 cm³/mol. The Balaban J connectivity index is 1.40. The zero-order valence-electron chi connectivity index (χ0n) is 22.7. The van der Waals surface area contributed by atoms with Gasteiger partial charge >= 0.3 is 0 Å². The molecule has 42 heavy (non-hydrogen) atoms. The van der Waals surface area contributed by atoms with E-state index in [1.54, 1.807) is 6.26 Å². The molecule has 0 spiro atoms. The van der Waals surface area contributed by atoms with Gasteiger partial charge in [0.2, 0.25) is 0 Å². The first-order chi connectivity index (χ1) is 20.8. The van der Waals surface area contributed by atoms with Crippen molar-refractivity contribution >= 4 is 54.5 Å². The fourth-order valence-corrected chi connectivity index (χ4v) is 6.68. The summed E-state index contributed by atoms with van der Waals surface area (Å²) in [5, 5.41) is 8.02. The maximum Gasteiger partial charge on any atom is 0.147 e. The summed E-state index contributed by atoms with van der Waals surface area (Å²) in [4.78, 5) is 0. The second-order valence-corrected chi connectivity index (χ2v) is 10.8. The summed E-state index contributed by atoms with van der Waals surface area (Å²) in [5.41, 5.74) is 9.57. The molecule has 2 aromatic heterocycles. The van der Waals surface area contributed by atoms with E-state index in [2.05, 4.69) is 121 Å². The van der Waals surface area contributed by atoms with Crippen molar-refractivity contribution in [1.29, 1.82) is 0 Å². The van der Waals surface area contributed by atoms with Gasteiger partial charge in [0.15, 0.2) is 0 Å². The molecule has 196 valence electrons. The van der Waals surface area contributed by atoms with Crippen LogP contribution in [0.1, 0.15) is 0 Å². The molecule has 7 aromatic carbocycles. The number of fused-ring (bicyclic) bond motifs is 6. The van der Waals surface area contributed by atoms with E-state index in [1.165, 1.54) is 43.8 Å². The molecule has 9 rings (SSSR count). The molecule has 9 aromatic rings. The average molecular weight is 537 g/mol. The molecule has 0 saturated carbocycles. The maximum absolute atomic E-state index is 6.62. The Morgan fingerprint density at radius 1 is 0.357 bits per heavy atom. The molecular weight excluding hydrogens is 512 g/mol. The van der Waals surface area contributed by atoms with Gasteiger partial charge in [0.1, 0.15) is 16.7 Å². The van der Waals surface area contributed by atoms with Gasteiger partial charge in [-0.3, -0.25) is 0 Å². The highest BCUT2D eigenvalue weighted by Gasteiger charge is 2.24. The summed E-state index contributed by atoms with van der Waals surface area (Å²) in [6.07, 6.45) is 1.78. The van der Waals surface area contributed by atoms with Crippen molar-refractivity contribution in [2.24, 2.45) is 0 Å². The summed E-state index contributed by atoms with van der Waals surface area (Å²) in [6.45, 7) is 0. The number of hydrogen-bond donors (Lipinski definition) is 0. The van der Waals surface area contributed by atoms with E-state index in [0.717, 1.165) is 44.0 Å². The van der Waals surface area contributed by atoms with Gasteiger partial charge in [-0.15, -0.1) is 0 Å². The molecule has 0 radical (unpaired) electrons. The third-order valence-corrected chi connectivity index (χ3v) is 8.55.